The Morgan fingerprint density at radius 3 is 2.13 bits per heavy atom. The highest BCUT2D eigenvalue weighted by atomic mass is 16.5. The van der Waals surface area contributed by atoms with Gasteiger partial charge in [-0.25, -0.2) is 4.79 Å². The van der Waals surface area contributed by atoms with Crippen LogP contribution < -0.4 is 5.32 Å². The second kappa shape index (κ2) is 9.55. The summed E-state index contributed by atoms with van der Waals surface area (Å²) in [5.74, 6) is -2.60. The minimum Gasteiger partial charge on any atom is -0.454 e. The summed E-state index contributed by atoms with van der Waals surface area (Å²) >= 11 is 0. The maximum Gasteiger partial charge on any atom is 0.330 e. The van der Waals surface area contributed by atoms with E-state index in [4.69, 9.17) is 4.74 Å². The van der Waals surface area contributed by atoms with E-state index in [0.29, 0.717) is 13.0 Å². The molecule has 7 nitrogen and oxygen atoms in total. The number of aryl methyl sites for hydroxylation is 1. The van der Waals surface area contributed by atoms with E-state index in [1.165, 1.54) is 0 Å². The Morgan fingerprint density at radius 1 is 1.00 bits per heavy atom. The lowest BCUT2D eigenvalue weighted by atomic mass is 9.97. The number of amides is 3. The zero-order valence-corrected chi connectivity index (χ0v) is 17.9. The number of esters is 1. The van der Waals surface area contributed by atoms with Gasteiger partial charge in [-0.1, -0.05) is 62.2 Å². The third-order valence-electron chi connectivity index (χ3n) is 5.48. The summed E-state index contributed by atoms with van der Waals surface area (Å²) in [4.78, 5) is 51.6. The summed E-state index contributed by atoms with van der Waals surface area (Å²) in [6, 6.07) is 13.1. The van der Waals surface area contributed by atoms with E-state index in [9.17, 15) is 19.2 Å². The molecule has 0 aromatic heterocycles. The summed E-state index contributed by atoms with van der Waals surface area (Å²) < 4.78 is 5.21. The van der Waals surface area contributed by atoms with Crippen molar-refractivity contribution < 1.29 is 23.9 Å². The SMILES string of the molecule is CCC(C)C(C(=O)OCC(=O)NCc1ccc(C)cc1)N1C(=O)c2ccccc2C1=O. The van der Waals surface area contributed by atoms with E-state index < -0.39 is 36.3 Å². The lowest BCUT2D eigenvalue weighted by molar-refractivity contribution is -0.154. The van der Waals surface area contributed by atoms with Gasteiger partial charge in [-0.2, -0.15) is 0 Å². The van der Waals surface area contributed by atoms with Crippen molar-refractivity contribution in [3.8, 4) is 0 Å². The maximum absolute atomic E-state index is 12.8. The average molecular weight is 422 g/mol. The molecule has 0 saturated carbocycles. The van der Waals surface area contributed by atoms with Gasteiger partial charge in [0.2, 0.25) is 0 Å². The normalized spacial score (nSPS) is 14.7. The lowest BCUT2D eigenvalue weighted by Crippen LogP contribution is -2.49. The highest BCUT2D eigenvalue weighted by Gasteiger charge is 2.45. The van der Waals surface area contributed by atoms with E-state index in [1.807, 2.05) is 38.1 Å². The molecule has 0 fully saturated rings. The van der Waals surface area contributed by atoms with Gasteiger partial charge < -0.3 is 10.1 Å². The van der Waals surface area contributed by atoms with Crippen LogP contribution in [0.15, 0.2) is 48.5 Å². The van der Waals surface area contributed by atoms with Crippen molar-refractivity contribution in [2.24, 2.45) is 5.92 Å². The molecule has 1 aliphatic rings. The van der Waals surface area contributed by atoms with Crippen LogP contribution in [0.5, 0.6) is 0 Å². The van der Waals surface area contributed by atoms with Crippen molar-refractivity contribution >= 4 is 23.7 Å². The molecule has 2 aromatic rings. The van der Waals surface area contributed by atoms with E-state index in [0.717, 1.165) is 16.0 Å². The molecule has 31 heavy (non-hydrogen) atoms. The van der Waals surface area contributed by atoms with Crippen molar-refractivity contribution in [3.63, 3.8) is 0 Å². The Hall–Kier alpha value is -3.48. The van der Waals surface area contributed by atoms with E-state index in [-0.39, 0.29) is 17.0 Å². The third-order valence-corrected chi connectivity index (χ3v) is 5.48. The molecule has 0 saturated heterocycles. The lowest BCUT2D eigenvalue weighted by Gasteiger charge is -2.28. The molecule has 0 bridgehead atoms. The molecule has 162 valence electrons. The Bertz CT molecular complexity index is 964. The zero-order valence-electron chi connectivity index (χ0n) is 17.9. The molecule has 2 aromatic carbocycles. The van der Waals surface area contributed by atoms with Crippen LogP contribution in [0.2, 0.25) is 0 Å². The number of carbonyl (C=O) groups is 4. The van der Waals surface area contributed by atoms with Gasteiger partial charge in [0, 0.05) is 6.54 Å². The minimum absolute atomic E-state index is 0.268. The summed E-state index contributed by atoms with van der Waals surface area (Å²) in [5, 5.41) is 2.69. The highest BCUT2D eigenvalue weighted by Crippen LogP contribution is 2.28. The standard InChI is InChI=1S/C24H26N2O5/c1-4-16(3)21(26-22(28)18-7-5-6-8-19(18)23(26)29)24(30)31-14-20(27)25-13-17-11-9-15(2)10-12-17/h5-12,16,21H,4,13-14H2,1-3H3,(H,25,27). The fourth-order valence-corrected chi connectivity index (χ4v) is 3.46. The molecular weight excluding hydrogens is 396 g/mol. The quantitative estimate of drug-likeness (QED) is 0.522. The third kappa shape index (κ3) is 4.82. The molecule has 0 spiro atoms. The molecule has 2 unspecified atom stereocenters. The molecule has 1 heterocycles. The number of nitrogens with zero attached hydrogens (tertiary/aromatic N) is 1. The average Bonchev–Trinajstić information content (AvgIpc) is 3.02. The van der Waals surface area contributed by atoms with Crippen LogP contribution >= 0.6 is 0 Å². The molecule has 0 radical (unpaired) electrons. The van der Waals surface area contributed by atoms with Crippen molar-refractivity contribution in [1.82, 2.24) is 10.2 Å². The first-order valence-corrected chi connectivity index (χ1v) is 10.3. The van der Waals surface area contributed by atoms with Crippen LogP contribution in [0.4, 0.5) is 0 Å². The predicted octanol–water partition coefficient (Wildman–Crippen LogP) is 2.87. The van der Waals surface area contributed by atoms with Gasteiger partial charge in [-0.3, -0.25) is 19.3 Å². The number of benzene rings is 2. The number of rotatable bonds is 8. The molecule has 2 atom stereocenters. The predicted molar refractivity (Wildman–Crippen MR) is 114 cm³/mol. The summed E-state index contributed by atoms with van der Waals surface area (Å²) in [6.45, 7) is 5.43. The number of hydrogen-bond acceptors (Lipinski definition) is 5. The number of fused-ring (bicyclic) bond motifs is 1. The summed E-state index contributed by atoms with van der Waals surface area (Å²) in [5.41, 5.74) is 2.58. The van der Waals surface area contributed by atoms with Crippen LogP contribution in [-0.2, 0) is 20.9 Å². The number of hydrogen-bond donors (Lipinski definition) is 1. The first-order valence-electron chi connectivity index (χ1n) is 10.3. The second-order valence-corrected chi connectivity index (χ2v) is 7.73. The summed E-state index contributed by atoms with van der Waals surface area (Å²) in [7, 11) is 0. The van der Waals surface area contributed by atoms with E-state index >= 15 is 0 Å². The maximum atomic E-state index is 12.8. The van der Waals surface area contributed by atoms with E-state index in [2.05, 4.69) is 5.32 Å². The first kappa shape index (κ1) is 22.2. The van der Waals surface area contributed by atoms with Gasteiger partial charge in [-0.15, -0.1) is 0 Å². The fraction of sp³-hybridized carbons (Fsp3) is 0.333. The first-order chi connectivity index (χ1) is 14.8. The monoisotopic (exact) mass is 422 g/mol. The molecule has 1 N–H and O–H groups in total. The van der Waals surface area contributed by atoms with Crippen LogP contribution in [0.1, 0.15) is 52.1 Å². The molecular formula is C24H26N2O5. The second-order valence-electron chi connectivity index (χ2n) is 7.73. The number of nitrogens with one attached hydrogen (secondary N) is 1. The van der Waals surface area contributed by atoms with Crippen LogP contribution in [-0.4, -0.2) is 41.2 Å². The topological polar surface area (TPSA) is 92.8 Å². The van der Waals surface area contributed by atoms with Crippen LogP contribution in [0.25, 0.3) is 0 Å². The highest BCUT2D eigenvalue weighted by molar-refractivity contribution is 6.22. The van der Waals surface area contributed by atoms with Gasteiger partial charge in [-0.05, 0) is 30.5 Å². The van der Waals surface area contributed by atoms with E-state index in [1.54, 1.807) is 31.2 Å². The minimum atomic E-state index is -1.10. The van der Waals surface area contributed by atoms with Crippen molar-refractivity contribution in [3.05, 3.63) is 70.8 Å². The number of ether oxygens (including phenoxy) is 1. The fourth-order valence-electron chi connectivity index (χ4n) is 3.46. The van der Waals surface area contributed by atoms with Gasteiger partial charge in [0.1, 0.15) is 6.04 Å². The van der Waals surface area contributed by atoms with Crippen molar-refractivity contribution in [2.75, 3.05) is 6.61 Å². The molecule has 7 heteroatoms. The zero-order chi connectivity index (χ0) is 22.5. The Balaban J connectivity index is 1.64. The largest absolute Gasteiger partial charge is 0.454 e. The van der Waals surface area contributed by atoms with Gasteiger partial charge >= 0.3 is 5.97 Å². The van der Waals surface area contributed by atoms with Crippen molar-refractivity contribution in [1.29, 1.82) is 0 Å². The van der Waals surface area contributed by atoms with Crippen molar-refractivity contribution in [2.45, 2.75) is 39.8 Å². The Morgan fingerprint density at radius 2 is 1.58 bits per heavy atom. The smallest absolute Gasteiger partial charge is 0.330 e. The Kier molecular flexibility index (Phi) is 6.84. The number of imide groups is 1. The molecule has 1 aliphatic heterocycles. The summed E-state index contributed by atoms with van der Waals surface area (Å²) in [6.07, 6.45) is 0.548. The van der Waals surface area contributed by atoms with Crippen LogP contribution in [0, 0.1) is 12.8 Å². The molecule has 0 aliphatic carbocycles. The van der Waals surface area contributed by atoms with Gasteiger partial charge in [0.25, 0.3) is 17.7 Å². The number of carbonyl (C=O) groups excluding carboxylic acids is 4. The molecule has 3 amide bonds. The van der Waals surface area contributed by atoms with Crippen LogP contribution in [0.3, 0.4) is 0 Å². The van der Waals surface area contributed by atoms with Gasteiger partial charge in [0.05, 0.1) is 11.1 Å². The molecule has 3 rings (SSSR count). The van der Waals surface area contributed by atoms with Gasteiger partial charge in [0.15, 0.2) is 6.61 Å². The Labute approximate surface area is 181 Å².